The molecule has 0 radical (unpaired) electrons. The molecule has 2 amide bonds. The smallest absolute Gasteiger partial charge is 0.335 e. The zero-order chi connectivity index (χ0) is 46.1. The van der Waals surface area contributed by atoms with E-state index in [0.717, 1.165) is 59.1 Å². The number of rotatable bonds is 14. The fraction of sp³-hybridized carbons (Fsp3) is 0.172. The van der Waals surface area contributed by atoms with Gasteiger partial charge in [0.1, 0.15) is 11.5 Å². The number of carbonyl (C=O) groups is 4. The van der Waals surface area contributed by atoms with Crippen molar-refractivity contribution in [3.63, 3.8) is 0 Å². The maximum Gasteiger partial charge on any atom is 0.335 e. The summed E-state index contributed by atoms with van der Waals surface area (Å²) in [6.07, 6.45) is 9.69. The number of nitrogens with one attached hydrogen (secondary N) is 2. The first-order valence-electron chi connectivity index (χ1n) is 22.2. The minimum absolute atomic E-state index is 0.286. The van der Waals surface area contributed by atoms with Gasteiger partial charge in [0.05, 0.1) is 11.8 Å². The highest BCUT2D eigenvalue weighted by molar-refractivity contribution is 6.01. The molecular formula is C58H50N2O6. The van der Waals surface area contributed by atoms with Crippen LogP contribution in [0.1, 0.15) is 84.7 Å². The Bertz CT molecular complexity index is 2590. The Balaban J connectivity index is 1.20. The molecule has 1 fully saturated rings. The third-order valence-corrected chi connectivity index (χ3v) is 11.1. The molecule has 0 aromatic heterocycles. The van der Waals surface area contributed by atoms with Gasteiger partial charge in [0.2, 0.25) is 11.8 Å². The lowest BCUT2D eigenvalue weighted by Gasteiger charge is -2.50. The number of amides is 2. The van der Waals surface area contributed by atoms with Gasteiger partial charge in [-0.05, 0) is 121 Å². The van der Waals surface area contributed by atoms with Crippen LogP contribution in [-0.2, 0) is 19.2 Å². The van der Waals surface area contributed by atoms with Gasteiger partial charge in [0, 0.05) is 57.6 Å². The molecule has 7 rings (SSSR count). The van der Waals surface area contributed by atoms with Gasteiger partial charge in [-0.2, -0.15) is 0 Å². The van der Waals surface area contributed by atoms with Gasteiger partial charge in [0.25, 0.3) is 0 Å². The predicted octanol–water partition coefficient (Wildman–Crippen LogP) is 11.4. The summed E-state index contributed by atoms with van der Waals surface area (Å²) in [7, 11) is 0. The third kappa shape index (κ3) is 12.5. The molecule has 0 bridgehead atoms. The third-order valence-electron chi connectivity index (χ3n) is 11.1. The van der Waals surface area contributed by atoms with E-state index in [0.29, 0.717) is 22.9 Å². The SMILES string of the molecule is CCCC=CC(=O)Oc1ccc(C2C(C(=O)Nc3ccc(C#Cc4ccccc4)cc3)C(c3ccc(OC(=O)C=CCCC)cc3)C2C(=O)Nc2ccc(C#Cc3ccccc3)cc2)cc1. The Labute approximate surface area is 386 Å². The number of esters is 2. The van der Waals surface area contributed by atoms with Crippen molar-refractivity contribution in [1.82, 2.24) is 0 Å². The molecule has 0 aliphatic heterocycles. The maximum absolute atomic E-state index is 14.7. The molecule has 8 heteroatoms. The van der Waals surface area contributed by atoms with Crippen LogP contribution in [0.5, 0.6) is 11.5 Å². The number of hydrogen-bond donors (Lipinski definition) is 2. The normalized spacial score (nSPS) is 16.2. The number of unbranched alkanes of at least 4 members (excludes halogenated alkanes) is 2. The number of anilines is 2. The van der Waals surface area contributed by atoms with E-state index in [-0.39, 0.29) is 11.8 Å². The molecule has 328 valence electrons. The van der Waals surface area contributed by atoms with Crippen molar-refractivity contribution in [1.29, 1.82) is 0 Å². The maximum atomic E-state index is 14.7. The zero-order valence-corrected chi connectivity index (χ0v) is 36.9. The first-order chi connectivity index (χ1) is 32.3. The summed E-state index contributed by atoms with van der Waals surface area (Å²) in [5, 5.41) is 6.24. The largest absolute Gasteiger partial charge is 0.423 e. The van der Waals surface area contributed by atoms with Crippen LogP contribution in [0, 0.1) is 35.5 Å². The van der Waals surface area contributed by atoms with Gasteiger partial charge in [0.15, 0.2) is 0 Å². The van der Waals surface area contributed by atoms with Gasteiger partial charge in [-0.25, -0.2) is 9.59 Å². The van der Waals surface area contributed by atoms with Crippen LogP contribution in [0.2, 0.25) is 0 Å². The highest BCUT2D eigenvalue weighted by atomic mass is 16.5. The molecule has 0 unspecified atom stereocenters. The van der Waals surface area contributed by atoms with E-state index in [2.05, 4.69) is 34.3 Å². The lowest BCUT2D eigenvalue weighted by Crippen LogP contribution is -2.53. The zero-order valence-electron chi connectivity index (χ0n) is 36.9. The topological polar surface area (TPSA) is 111 Å². The summed E-state index contributed by atoms with van der Waals surface area (Å²) < 4.78 is 11.1. The van der Waals surface area contributed by atoms with E-state index in [1.807, 2.05) is 123 Å². The fourth-order valence-corrected chi connectivity index (χ4v) is 7.80. The van der Waals surface area contributed by atoms with E-state index in [1.54, 1.807) is 60.7 Å². The number of benzene rings is 6. The Morgan fingerprint density at radius 3 is 1.12 bits per heavy atom. The van der Waals surface area contributed by atoms with Gasteiger partial charge < -0.3 is 20.1 Å². The quantitative estimate of drug-likeness (QED) is 0.0488. The summed E-state index contributed by atoms with van der Waals surface area (Å²) in [6, 6.07) is 48.0. The average molecular weight is 871 g/mol. The summed E-state index contributed by atoms with van der Waals surface area (Å²) in [4.78, 5) is 54.5. The van der Waals surface area contributed by atoms with Crippen molar-refractivity contribution in [2.75, 3.05) is 10.6 Å². The fourth-order valence-electron chi connectivity index (χ4n) is 7.80. The van der Waals surface area contributed by atoms with Crippen LogP contribution in [0.3, 0.4) is 0 Å². The van der Waals surface area contributed by atoms with Crippen LogP contribution in [0.15, 0.2) is 182 Å². The van der Waals surface area contributed by atoms with E-state index in [9.17, 15) is 19.2 Å². The number of hydrogen-bond acceptors (Lipinski definition) is 6. The van der Waals surface area contributed by atoms with Crippen molar-refractivity contribution < 1.29 is 28.7 Å². The molecular weight excluding hydrogens is 821 g/mol. The Morgan fingerprint density at radius 2 is 0.788 bits per heavy atom. The number of allylic oxidation sites excluding steroid dienone is 2. The van der Waals surface area contributed by atoms with Crippen molar-refractivity contribution in [2.24, 2.45) is 11.8 Å². The Morgan fingerprint density at radius 1 is 0.455 bits per heavy atom. The van der Waals surface area contributed by atoms with Crippen LogP contribution in [-0.4, -0.2) is 23.8 Å². The average Bonchev–Trinajstić information content (AvgIpc) is 3.33. The lowest BCUT2D eigenvalue weighted by atomic mass is 9.52. The van der Waals surface area contributed by atoms with Crippen molar-refractivity contribution in [3.05, 3.63) is 215 Å². The second-order valence-corrected chi connectivity index (χ2v) is 15.8. The van der Waals surface area contributed by atoms with Crippen molar-refractivity contribution >= 4 is 35.1 Å². The Kier molecular flexibility index (Phi) is 15.9. The van der Waals surface area contributed by atoms with Crippen LogP contribution in [0.4, 0.5) is 11.4 Å². The van der Waals surface area contributed by atoms with Crippen molar-refractivity contribution in [2.45, 2.75) is 51.4 Å². The molecule has 66 heavy (non-hydrogen) atoms. The van der Waals surface area contributed by atoms with E-state index in [1.165, 1.54) is 12.2 Å². The highest BCUT2D eigenvalue weighted by Gasteiger charge is 2.58. The molecule has 1 saturated carbocycles. The minimum Gasteiger partial charge on any atom is -0.423 e. The minimum atomic E-state index is -0.732. The second kappa shape index (κ2) is 22.9. The molecule has 6 aromatic rings. The summed E-state index contributed by atoms with van der Waals surface area (Å²) in [5.74, 6) is 9.12. The molecule has 0 atom stereocenters. The molecule has 0 saturated heterocycles. The van der Waals surface area contributed by atoms with E-state index in [4.69, 9.17) is 9.47 Å². The first-order valence-corrected chi connectivity index (χ1v) is 22.2. The highest BCUT2D eigenvalue weighted by Crippen LogP contribution is 2.58. The van der Waals surface area contributed by atoms with Crippen LogP contribution >= 0.6 is 0 Å². The summed E-state index contributed by atoms with van der Waals surface area (Å²) >= 11 is 0. The molecule has 8 nitrogen and oxygen atoms in total. The monoisotopic (exact) mass is 870 g/mol. The molecule has 0 heterocycles. The van der Waals surface area contributed by atoms with Crippen LogP contribution < -0.4 is 20.1 Å². The standard InChI is InChI=1S/C58H50N2O6/c1-3-5-9-19-51(61)65-49-37-29-45(30-38-49)53-55(57(63)59-47-33-25-43(26-34-47)23-21-41-15-11-7-12-16-41)54(46-31-39-50(40-32-46)66-52(62)20-10-6-4-2)56(53)58(64)60-48-35-27-44(28-36-48)24-22-42-17-13-8-14-18-42/h7-20,25-40,53-56H,3-6H2,1-2H3,(H,59,63)(H,60,64). The molecule has 1 aliphatic rings. The number of ether oxygens (including phenoxy) is 2. The van der Waals surface area contributed by atoms with E-state index >= 15 is 0 Å². The molecule has 2 N–H and O–H groups in total. The first kappa shape index (κ1) is 45.8. The van der Waals surface area contributed by atoms with Crippen molar-refractivity contribution in [3.8, 4) is 35.2 Å². The number of carbonyl (C=O) groups excluding carboxylic acids is 4. The molecule has 1 aliphatic carbocycles. The Hall–Kier alpha value is -8.20. The van der Waals surface area contributed by atoms with Gasteiger partial charge in [-0.15, -0.1) is 0 Å². The van der Waals surface area contributed by atoms with E-state index < -0.39 is 35.6 Å². The molecule has 0 spiro atoms. The molecule has 6 aromatic carbocycles. The van der Waals surface area contributed by atoms with Crippen LogP contribution in [0.25, 0.3) is 0 Å². The summed E-state index contributed by atoms with van der Waals surface area (Å²) in [6.45, 7) is 4.05. The predicted molar refractivity (Wildman–Crippen MR) is 260 cm³/mol. The van der Waals surface area contributed by atoms with Gasteiger partial charge in [-0.3, -0.25) is 9.59 Å². The van der Waals surface area contributed by atoms with Gasteiger partial charge in [-0.1, -0.05) is 123 Å². The van der Waals surface area contributed by atoms with Gasteiger partial charge >= 0.3 is 11.9 Å². The second-order valence-electron chi connectivity index (χ2n) is 15.8. The lowest BCUT2D eigenvalue weighted by molar-refractivity contribution is -0.135. The summed E-state index contributed by atoms with van der Waals surface area (Å²) in [5.41, 5.74) is 5.94.